The first-order valence-corrected chi connectivity index (χ1v) is 10.7. The van der Waals surface area contributed by atoms with Gasteiger partial charge in [0.25, 0.3) is 0 Å². The van der Waals surface area contributed by atoms with E-state index in [1.807, 2.05) is 13.0 Å². The average molecular weight is 426 g/mol. The fourth-order valence-electron chi connectivity index (χ4n) is 4.50. The van der Waals surface area contributed by atoms with Crippen molar-refractivity contribution in [2.24, 2.45) is 4.99 Å². The van der Waals surface area contributed by atoms with Gasteiger partial charge in [-0.2, -0.15) is 0 Å². The smallest absolute Gasteiger partial charge is 0.218 e. The zero-order valence-electron chi connectivity index (χ0n) is 17.6. The van der Waals surface area contributed by atoms with Crippen molar-refractivity contribution in [2.75, 3.05) is 6.61 Å². The highest BCUT2D eigenvalue weighted by atomic mass is 19.1. The van der Waals surface area contributed by atoms with Crippen molar-refractivity contribution >= 4 is 11.7 Å². The second-order valence-corrected chi connectivity index (χ2v) is 8.29. The first-order chi connectivity index (χ1) is 14.9. The highest BCUT2D eigenvalue weighted by Gasteiger charge is 2.43. The number of benzene rings is 1. The van der Waals surface area contributed by atoms with E-state index >= 15 is 0 Å². The van der Waals surface area contributed by atoms with Crippen LogP contribution in [0, 0.1) is 5.82 Å². The lowest BCUT2D eigenvalue weighted by molar-refractivity contribution is -0.122. The topological polar surface area (TPSA) is 92.0 Å². The molecule has 0 unspecified atom stereocenters. The van der Waals surface area contributed by atoms with Crippen LogP contribution in [0.2, 0.25) is 0 Å². The van der Waals surface area contributed by atoms with Gasteiger partial charge in [0.2, 0.25) is 5.90 Å². The lowest BCUT2D eigenvalue weighted by Gasteiger charge is -2.43. The second kappa shape index (κ2) is 8.85. The van der Waals surface area contributed by atoms with Crippen molar-refractivity contribution in [3.05, 3.63) is 64.2 Å². The second-order valence-electron chi connectivity index (χ2n) is 8.29. The van der Waals surface area contributed by atoms with Gasteiger partial charge in [0.15, 0.2) is 0 Å². The number of carbonyl (C=O) groups excluding carboxylic acids is 1. The highest BCUT2D eigenvalue weighted by Crippen LogP contribution is 2.45. The maximum atomic E-state index is 13.4. The lowest BCUT2D eigenvalue weighted by atomic mass is 9.67. The van der Waals surface area contributed by atoms with E-state index in [0.717, 1.165) is 17.5 Å². The molecule has 1 saturated carbocycles. The number of pyridine rings is 1. The Morgan fingerprint density at radius 3 is 2.65 bits per heavy atom. The van der Waals surface area contributed by atoms with Gasteiger partial charge in [-0.25, -0.2) is 9.38 Å². The Morgan fingerprint density at radius 2 is 2.03 bits per heavy atom. The van der Waals surface area contributed by atoms with E-state index in [0.29, 0.717) is 48.8 Å². The normalized spacial score (nSPS) is 17.5. The standard InChI is InChI=1S/C24H27FN2O4/c1-2-31-23-22-16(13-26-23)10-18(27-21(22)14-28)11-19(29)12-20(24(30)8-3-9-24)15-4-6-17(25)7-5-15/h4-7,10,20,28,30H,2-3,8-9,11-14H2,1H3/t20-/m0/s1. The molecule has 0 amide bonds. The summed E-state index contributed by atoms with van der Waals surface area (Å²) in [6, 6.07) is 7.86. The van der Waals surface area contributed by atoms with Crippen molar-refractivity contribution in [1.82, 2.24) is 4.98 Å². The first-order valence-electron chi connectivity index (χ1n) is 10.7. The number of Topliss-reactive ketones (excluding diaryl/α,β-unsaturated/α-hetero) is 1. The molecule has 1 aromatic heterocycles. The molecule has 1 aromatic carbocycles. The van der Waals surface area contributed by atoms with Gasteiger partial charge >= 0.3 is 0 Å². The Balaban J connectivity index is 1.53. The van der Waals surface area contributed by atoms with Crippen LogP contribution in [0.15, 0.2) is 35.3 Å². The minimum absolute atomic E-state index is 0.0602. The van der Waals surface area contributed by atoms with Gasteiger partial charge in [-0.3, -0.25) is 9.78 Å². The molecular weight excluding hydrogens is 399 g/mol. The van der Waals surface area contributed by atoms with E-state index in [9.17, 15) is 19.4 Å². The van der Waals surface area contributed by atoms with Gasteiger partial charge in [0, 0.05) is 24.5 Å². The number of ether oxygens (including phenoxy) is 1. The predicted octanol–water partition coefficient (Wildman–Crippen LogP) is 3.21. The van der Waals surface area contributed by atoms with Crippen molar-refractivity contribution in [1.29, 1.82) is 0 Å². The lowest BCUT2D eigenvalue weighted by Crippen LogP contribution is -2.44. The molecule has 0 bridgehead atoms. The van der Waals surface area contributed by atoms with Crippen LogP contribution in [0.4, 0.5) is 4.39 Å². The summed E-state index contributed by atoms with van der Waals surface area (Å²) in [6.45, 7) is 2.50. The molecule has 0 saturated heterocycles. The Hall–Kier alpha value is -2.64. The fraction of sp³-hybridized carbons (Fsp3) is 0.458. The SMILES string of the molecule is CCOC1=NCc2cc(CC(=O)C[C@@H](c3ccc(F)cc3)C3(O)CCC3)nc(CO)c21. The highest BCUT2D eigenvalue weighted by molar-refractivity contribution is 5.98. The molecule has 2 aromatic rings. The van der Waals surface area contributed by atoms with Crippen LogP contribution < -0.4 is 0 Å². The first kappa shape index (κ1) is 21.6. The number of halogens is 1. The number of nitrogens with zero attached hydrogens (tertiary/aromatic N) is 2. The molecule has 0 radical (unpaired) electrons. The molecule has 1 fully saturated rings. The molecule has 4 rings (SSSR count). The van der Waals surface area contributed by atoms with Crippen LogP contribution >= 0.6 is 0 Å². The molecular formula is C24H27FN2O4. The molecule has 1 aliphatic heterocycles. The number of hydrogen-bond donors (Lipinski definition) is 2. The molecule has 1 atom stereocenters. The number of aliphatic hydroxyl groups excluding tert-OH is 1. The van der Waals surface area contributed by atoms with Gasteiger partial charge in [-0.05, 0) is 55.5 Å². The zero-order valence-corrected chi connectivity index (χ0v) is 17.6. The molecule has 2 N–H and O–H groups in total. The third-order valence-electron chi connectivity index (χ3n) is 6.22. The van der Waals surface area contributed by atoms with Crippen LogP contribution in [0.1, 0.15) is 66.6 Å². The fourth-order valence-corrected chi connectivity index (χ4v) is 4.50. The minimum atomic E-state index is -0.935. The number of rotatable bonds is 8. The Kier molecular flexibility index (Phi) is 6.16. The molecule has 0 spiro atoms. The van der Waals surface area contributed by atoms with Gasteiger partial charge in [0.1, 0.15) is 11.6 Å². The summed E-state index contributed by atoms with van der Waals surface area (Å²) in [5, 5.41) is 20.8. The summed E-state index contributed by atoms with van der Waals surface area (Å²) in [7, 11) is 0. The largest absolute Gasteiger partial charge is 0.478 e. The van der Waals surface area contributed by atoms with Crippen molar-refractivity contribution in [3.63, 3.8) is 0 Å². The summed E-state index contributed by atoms with van der Waals surface area (Å²) in [5.41, 5.74) is 2.46. The molecule has 31 heavy (non-hydrogen) atoms. The van der Waals surface area contributed by atoms with Crippen LogP contribution in [0.3, 0.4) is 0 Å². The Morgan fingerprint density at radius 1 is 1.29 bits per heavy atom. The Labute approximate surface area is 180 Å². The summed E-state index contributed by atoms with van der Waals surface area (Å²) in [4.78, 5) is 21.8. The summed E-state index contributed by atoms with van der Waals surface area (Å²) in [5.74, 6) is -0.304. The quantitative estimate of drug-likeness (QED) is 0.676. The van der Waals surface area contributed by atoms with E-state index in [1.165, 1.54) is 12.1 Å². The third-order valence-corrected chi connectivity index (χ3v) is 6.22. The third kappa shape index (κ3) is 4.38. The van der Waals surface area contributed by atoms with Crippen LogP contribution in [-0.2, 0) is 29.1 Å². The van der Waals surface area contributed by atoms with Crippen molar-refractivity contribution in [3.8, 4) is 0 Å². The number of fused-ring (bicyclic) bond motifs is 1. The van der Waals surface area contributed by atoms with Crippen LogP contribution in [0.5, 0.6) is 0 Å². The van der Waals surface area contributed by atoms with Crippen LogP contribution in [0.25, 0.3) is 0 Å². The predicted molar refractivity (Wildman–Crippen MR) is 113 cm³/mol. The van der Waals surface area contributed by atoms with Crippen molar-refractivity contribution < 1.29 is 24.1 Å². The van der Waals surface area contributed by atoms with Gasteiger partial charge < -0.3 is 14.9 Å². The number of aliphatic imine (C=N–C) groups is 1. The number of carbonyl (C=O) groups is 1. The van der Waals surface area contributed by atoms with Gasteiger partial charge in [0.05, 0.1) is 36.6 Å². The van der Waals surface area contributed by atoms with Gasteiger partial charge in [-0.1, -0.05) is 12.1 Å². The molecule has 7 heteroatoms. The number of aliphatic hydroxyl groups is 2. The maximum Gasteiger partial charge on any atom is 0.218 e. The monoisotopic (exact) mass is 426 g/mol. The minimum Gasteiger partial charge on any atom is -0.478 e. The van der Waals surface area contributed by atoms with E-state index in [-0.39, 0.29) is 37.0 Å². The van der Waals surface area contributed by atoms with E-state index < -0.39 is 5.60 Å². The number of aromatic nitrogens is 1. The van der Waals surface area contributed by atoms with Gasteiger partial charge in [-0.15, -0.1) is 0 Å². The molecule has 2 heterocycles. The molecule has 6 nitrogen and oxygen atoms in total. The summed E-state index contributed by atoms with van der Waals surface area (Å²) < 4.78 is 18.9. The summed E-state index contributed by atoms with van der Waals surface area (Å²) >= 11 is 0. The zero-order chi connectivity index (χ0) is 22.0. The molecule has 1 aliphatic carbocycles. The maximum absolute atomic E-state index is 13.4. The molecule has 2 aliphatic rings. The Bertz CT molecular complexity index is 999. The van der Waals surface area contributed by atoms with Crippen molar-refractivity contribution in [2.45, 2.75) is 63.7 Å². The number of ketones is 1. The van der Waals surface area contributed by atoms with E-state index in [4.69, 9.17) is 4.74 Å². The molecule has 164 valence electrons. The van der Waals surface area contributed by atoms with E-state index in [2.05, 4.69) is 9.98 Å². The van der Waals surface area contributed by atoms with Crippen LogP contribution in [-0.4, -0.2) is 39.1 Å². The number of hydrogen-bond acceptors (Lipinski definition) is 6. The average Bonchev–Trinajstić information content (AvgIpc) is 3.13. The summed E-state index contributed by atoms with van der Waals surface area (Å²) in [6.07, 6.45) is 2.42. The van der Waals surface area contributed by atoms with E-state index in [1.54, 1.807) is 12.1 Å².